The number of carbonyl (C=O) groups is 1. The first-order chi connectivity index (χ1) is 16.0. The SMILES string of the molecule is O=C(O)[C@H]1O[C@@H](Oc2ccc(CC(O)(Cn3cncn3)C3(Cl)CC3)c(Cl)c2O)[C@H](O)[C@@H](O)[C@@H]1O. The van der Waals surface area contributed by atoms with E-state index in [1.165, 1.54) is 29.5 Å². The smallest absolute Gasteiger partial charge is 0.335 e. The predicted molar refractivity (Wildman–Crippen MR) is 115 cm³/mol. The molecule has 6 N–H and O–H groups in total. The van der Waals surface area contributed by atoms with Crippen molar-refractivity contribution in [3.8, 4) is 11.5 Å². The van der Waals surface area contributed by atoms with Crippen LogP contribution in [-0.4, -0.2) is 92.6 Å². The van der Waals surface area contributed by atoms with Crippen molar-refractivity contribution in [3.05, 3.63) is 35.4 Å². The van der Waals surface area contributed by atoms with E-state index in [1.807, 2.05) is 0 Å². The number of halogens is 2. The molecule has 186 valence electrons. The van der Waals surface area contributed by atoms with Gasteiger partial charge in [-0.2, -0.15) is 5.10 Å². The normalized spacial score (nSPS) is 29.9. The van der Waals surface area contributed by atoms with Crippen LogP contribution in [0.2, 0.25) is 5.02 Å². The Morgan fingerprint density at radius 1 is 1.26 bits per heavy atom. The summed E-state index contributed by atoms with van der Waals surface area (Å²) in [5, 5.41) is 64.8. The first kappa shape index (κ1) is 24.9. The minimum absolute atomic E-state index is 0.0325. The monoisotopic (exact) mass is 519 g/mol. The van der Waals surface area contributed by atoms with Crippen LogP contribution in [0, 0.1) is 0 Å². The van der Waals surface area contributed by atoms with Crippen LogP contribution in [0.25, 0.3) is 0 Å². The van der Waals surface area contributed by atoms with E-state index < -0.39 is 52.9 Å². The second-order valence-corrected chi connectivity index (χ2v) is 9.61. The summed E-state index contributed by atoms with van der Waals surface area (Å²) < 4.78 is 11.9. The highest BCUT2D eigenvalue weighted by Crippen LogP contribution is 2.53. The Morgan fingerprint density at radius 3 is 2.56 bits per heavy atom. The van der Waals surface area contributed by atoms with E-state index in [0.29, 0.717) is 18.4 Å². The molecule has 0 amide bonds. The molecule has 0 bridgehead atoms. The molecule has 6 atom stereocenters. The number of carboxylic acid groups (broad SMARTS) is 1. The van der Waals surface area contributed by atoms with Crippen LogP contribution in [0.4, 0.5) is 0 Å². The van der Waals surface area contributed by atoms with Gasteiger partial charge in [-0.05, 0) is 24.5 Å². The van der Waals surface area contributed by atoms with Crippen LogP contribution in [0.5, 0.6) is 11.5 Å². The van der Waals surface area contributed by atoms with Crippen LogP contribution in [0.15, 0.2) is 24.8 Å². The summed E-state index contributed by atoms with van der Waals surface area (Å²) in [5.41, 5.74) is -1.14. The molecule has 1 unspecified atom stereocenters. The lowest BCUT2D eigenvalue weighted by Gasteiger charge is -2.38. The van der Waals surface area contributed by atoms with Gasteiger partial charge < -0.3 is 40.1 Å². The van der Waals surface area contributed by atoms with Gasteiger partial charge in [0.05, 0.1) is 16.4 Å². The van der Waals surface area contributed by atoms with Gasteiger partial charge >= 0.3 is 5.97 Å². The Hall–Kier alpha value is -2.19. The van der Waals surface area contributed by atoms with Crippen LogP contribution in [0.3, 0.4) is 0 Å². The Bertz CT molecular complexity index is 1050. The molecular formula is C20H23Cl2N3O9. The second-order valence-electron chi connectivity index (χ2n) is 8.51. The molecule has 0 radical (unpaired) electrons. The Balaban J connectivity index is 1.55. The molecule has 1 aliphatic carbocycles. The van der Waals surface area contributed by atoms with E-state index >= 15 is 0 Å². The topological polar surface area (TPSA) is 188 Å². The fraction of sp³-hybridized carbons (Fsp3) is 0.550. The van der Waals surface area contributed by atoms with Gasteiger partial charge in [0.2, 0.25) is 6.29 Å². The first-order valence-corrected chi connectivity index (χ1v) is 11.0. The molecule has 14 heteroatoms. The van der Waals surface area contributed by atoms with Crippen molar-refractivity contribution in [2.24, 2.45) is 0 Å². The number of carboxylic acids is 1. The number of aromatic nitrogens is 3. The molecule has 1 saturated carbocycles. The van der Waals surface area contributed by atoms with Crippen LogP contribution >= 0.6 is 23.2 Å². The van der Waals surface area contributed by atoms with Gasteiger partial charge in [0.15, 0.2) is 17.6 Å². The third kappa shape index (κ3) is 4.54. The highest BCUT2D eigenvalue weighted by Gasteiger charge is 2.58. The van der Waals surface area contributed by atoms with E-state index in [1.54, 1.807) is 0 Å². The number of phenolic OH excluding ortho intramolecular Hbond substituents is 1. The Labute approximate surface area is 202 Å². The first-order valence-electron chi connectivity index (χ1n) is 10.3. The highest BCUT2D eigenvalue weighted by atomic mass is 35.5. The van der Waals surface area contributed by atoms with Crippen molar-refractivity contribution in [1.82, 2.24) is 14.8 Å². The molecule has 2 aromatic rings. The van der Waals surface area contributed by atoms with Crippen LogP contribution < -0.4 is 4.74 Å². The fourth-order valence-electron chi connectivity index (χ4n) is 3.92. The summed E-state index contributed by atoms with van der Waals surface area (Å²) in [4.78, 5) is 14.2. The van der Waals surface area contributed by atoms with Crippen molar-refractivity contribution in [2.75, 3.05) is 0 Å². The van der Waals surface area contributed by atoms with Crippen molar-refractivity contribution < 1.29 is 44.9 Å². The maximum atomic E-state index is 11.4. The molecule has 12 nitrogen and oxygen atoms in total. The van der Waals surface area contributed by atoms with Crippen molar-refractivity contribution in [2.45, 2.75) is 67.0 Å². The third-order valence-electron chi connectivity index (χ3n) is 6.11. The standard InChI is InChI=1S/C20H23Cl2N3O9/c21-11-9(5-20(32,19(22)3-4-19)6-25-8-23-7-24-25)1-2-10(12(11)26)33-18-15(29)13(27)14(28)16(34-18)17(30)31/h1-2,7-8,13-16,18,26-29,32H,3-6H2,(H,30,31)/t13-,14-,15+,16-,18+,20?/m0/s1. The second kappa shape index (κ2) is 9.11. The number of alkyl halides is 1. The van der Waals surface area contributed by atoms with E-state index in [-0.39, 0.29) is 23.7 Å². The van der Waals surface area contributed by atoms with Gasteiger partial charge in [-0.3, -0.25) is 0 Å². The average Bonchev–Trinajstić information content (AvgIpc) is 3.35. The zero-order valence-corrected chi connectivity index (χ0v) is 19.0. The molecule has 1 aliphatic heterocycles. The number of benzene rings is 1. The van der Waals surface area contributed by atoms with E-state index in [9.17, 15) is 30.3 Å². The zero-order chi connectivity index (χ0) is 24.8. The number of rotatable bonds is 8. The molecule has 0 spiro atoms. The van der Waals surface area contributed by atoms with E-state index in [4.69, 9.17) is 37.8 Å². The largest absolute Gasteiger partial charge is 0.503 e. The number of hydrogen-bond donors (Lipinski definition) is 6. The van der Waals surface area contributed by atoms with Gasteiger partial charge in [-0.1, -0.05) is 17.7 Å². The minimum atomic E-state index is -1.89. The van der Waals surface area contributed by atoms with Gasteiger partial charge in [-0.15, -0.1) is 11.6 Å². The van der Waals surface area contributed by atoms with Crippen molar-refractivity contribution in [1.29, 1.82) is 0 Å². The number of aliphatic carboxylic acids is 1. The summed E-state index contributed by atoms with van der Waals surface area (Å²) in [6.45, 7) is 0.0325. The average molecular weight is 520 g/mol. The molecule has 1 aromatic heterocycles. The molecule has 4 rings (SSSR count). The molecule has 2 aliphatic rings. The Kier molecular flexibility index (Phi) is 6.68. The minimum Gasteiger partial charge on any atom is -0.503 e. The van der Waals surface area contributed by atoms with Gasteiger partial charge in [0.1, 0.15) is 36.6 Å². The summed E-state index contributed by atoms with van der Waals surface area (Å²) >= 11 is 12.9. The summed E-state index contributed by atoms with van der Waals surface area (Å²) in [7, 11) is 0. The number of hydrogen-bond acceptors (Lipinski definition) is 10. The number of phenols is 1. The maximum Gasteiger partial charge on any atom is 0.335 e. The van der Waals surface area contributed by atoms with Crippen LogP contribution in [0.1, 0.15) is 18.4 Å². The quantitative estimate of drug-likeness (QED) is 0.250. The molecular weight excluding hydrogens is 497 g/mol. The number of nitrogens with zero attached hydrogens (tertiary/aromatic N) is 3. The zero-order valence-electron chi connectivity index (χ0n) is 17.5. The molecule has 1 saturated heterocycles. The maximum absolute atomic E-state index is 11.4. The Morgan fingerprint density at radius 2 is 1.97 bits per heavy atom. The lowest BCUT2D eigenvalue weighted by molar-refractivity contribution is -0.271. The van der Waals surface area contributed by atoms with Gasteiger partial charge in [0, 0.05) is 6.42 Å². The highest BCUT2D eigenvalue weighted by molar-refractivity contribution is 6.33. The van der Waals surface area contributed by atoms with Gasteiger partial charge in [0.25, 0.3) is 0 Å². The molecule has 2 fully saturated rings. The number of ether oxygens (including phenoxy) is 2. The predicted octanol–water partition coefficient (Wildman–Crippen LogP) is -0.347. The van der Waals surface area contributed by atoms with Crippen molar-refractivity contribution in [3.63, 3.8) is 0 Å². The van der Waals surface area contributed by atoms with Gasteiger partial charge in [-0.25, -0.2) is 14.5 Å². The summed E-state index contributed by atoms with van der Waals surface area (Å²) in [6, 6.07) is 2.74. The van der Waals surface area contributed by atoms with Crippen molar-refractivity contribution >= 4 is 29.2 Å². The number of aliphatic hydroxyl groups is 4. The van der Waals surface area contributed by atoms with E-state index in [0.717, 1.165) is 0 Å². The molecule has 34 heavy (non-hydrogen) atoms. The lowest BCUT2D eigenvalue weighted by Crippen LogP contribution is -2.61. The van der Waals surface area contributed by atoms with Crippen LogP contribution in [-0.2, 0) is 22.5 Å². The fourth-order valence-corrected chi connectivity index (χ4v) is 4.37. The third-order valence-corrected chi connectivity index (χ3v) is 7.26. The summed E-state index contributed by atoms with van der Waals surface area (Å²) in [5.74, 6) is -2.42. The molecule has 1 aromatic carbocycles. The number of aromatic hydroxyl groups is 1. The lowest BCUT2D eigenvalue weighted by atomic mass is 9.88. The number of aliphatic hydroxyl groups excluding tert-OH is 3. The van der Waals surface area contributed by atoms with E-state index in [2.05, 4.69) is 10.1 Å². The molecule has 2 heterocycles. The summed E-state index contributed by atoms with van der Waals surface area (Å²) in [6.07, 6.45) is -5.32.